The van der Waals surface area contributed by atoms with Gasteiger partial charge in [0.25, 0.3) is 0 Å². The molecular weight excluding hydrogens is 364 g/mol. The number of amides is 1. The van der Waals surface area contributed by atoms with Crippen molar-refractivity contribution in [2.45, 2.75) is 51.1 Å². The fraction of sp³-hybridized carbons (Fsp3) is 0.688. The Balaban J connectivity index is 4.69. The third-order valence-electron chi connectivity index (χ3n) is 3.41. The van der Waals surface area contributed by atoms with Crippen molar-refractivity contribution in [1.29, 1.82) is 0 Å². The van der Waals surface area contributed by atoms with Gasteiger partial charge in [-0.15, -0.1) is 0 Å². The normalized spacial score (nSPS) is 12.6. The van der Waals surface area contributed by atoms with Crippen LogP contribution in [0.25, 0.3) is 0 Å². The summed E-state index contributed by atoms with van der Waals surface area (Å²) >= 11 is 0.938. The van der Waals surface area contributed by atoms with Gasteiger partial charge < -0.3 is 20.5 Å². The third kappa shape index (κ3) is 10.1. The first kappa shape index (κ1) is 24.1. The van der Waals surface area contributed by atoms with E-state index in [9.17, 15) is 24.0 Å². The molecule has 9 nitrogen and oxygen atoms in total. The van der Waals surface area contributed by atoms with Gasteiger partial charge in [0.05, 0.1) is 26.7 Å². The maximum absolute atomic E-state index is 12.2. The minimum atomic E-state index is -0.935. The molecule has 0 bridgehead atoms. The second-order valence-electron chi connectivity index (χ2n) is 5.37. The molecule has 0 radical (unpaired) electrons. The summed E-state index contributed by atoms with van der Waals surface area (Å²) in [6.45, 7) is 1.69. The van der Waals surface area contributed by atoms with Crippen LogP contribution in [0.5, 0.6) is 0 Å². The van der Waals surface area contributed by atoms with E-state index in [1.165, 1.54) is 14.2 Å². The number of rotatable bonds is 12. The van der Waals surface area contributed by atoms with Gasteiger partial charge >= 0.3 is 11.9 Å². The predicted molar refractivity (Wildman–Crippen MR) is 95.2 cm³/mol. The molecule has 2 atom stereocenters. The van der Waals surface area contributed by atoms with Gasteiger partial charge in [0.1, 0.15) is 6.04 Å². The van der Waals surface area contributed by atoms with Crippen molar-refractivity contribution in [3.05, 3.63) is 0 Å². The summed E-state index contributed by atoms with van der Waals surface area (Å²) in [7, 11) is 2.41. The van der Waals surface area contributed by atoms with E-state index in [0.717, 1.165) is 11.8 Å². The van der Waals surface area contributed by atoms with E-state index >= 15 is 0 Å². The van der Waals surface area contributed by atoms with Crippen LogP contribution in [0.15, 0.2) is 0 Å². The molecule has 0 heterocycles. The monoisotopic (exact) mass is 390 g/mol. The van der Waals surface area contributed by atoms with E-state index in [2.05, 4.69) is 14.8 Å². The smallest absolute Gasteiger partial charge is 0.322 e. The molecule has 0 saturated carbocycles. The molecule has 0 aliphatic carbocycles. The molecule has 0 rings (SSSR count). The van der Waals surface area contributed by atoms with E-state index in [4.69, 9.17) is 5.73 Å². The zero-order valence-corrected chi connectivity index (χ0v) is 16.1. The molecule has 2 unspecified atom stereocenters. The standard InChI is InChI=1S/C16H26N2O7S/c1-4-15(22)26-9-11(12(19)6-8-14(21)24-2)18-13(20)7-5-10(17)16(23)25-3/h10-11H,4-9,17H2,1-3H3,(H,18,20). The molecule has 1 amide bonds. The van der Waals surface area contributed by atoms with Crippen molar-refractivity contribution >= 4 is 40.5 Å². The van der Waals surface area contributed by atoms with Crippen LogP contribution in [0.1, 0.15) is 39.0 Å². The molecule has 10 heteroatoms. The van der Waals surface area contributed by atoms with Crippen molar-refractivity contribution in [1.82, 2.24) is 5.32 Å². The molecule has 26 heavy (non-hydrogen) atoms. The maximum Gasteiger partial charge on any atom is 0.322 e. The third-order valence-corrected chi connectivity index (χ3v) is 4.52. The fourth-order valence-corrected chi connectivity index (χ4v) is 2.64. The Morgan fingerprint density at radius 3 is 2.23 bits per heavy atom. The minimum Gasteiger partial charge on any atom is -0.469 e. The van der Waals surface area contributed by atoms with Crippen molar-refractivity contribution in [2.75, 3.05) is 20.0 Å². The Hall–Kier alpha value is -1.94. The van der Waals surface area contributed by atoms with Crippen LogP contribution < -0.4 is 11.1 Å². The largest absolute Gasteiger partial charge is 0.469 e. The number of thioether (sulfide) groups is 1. The summed E-state index contributed by atoms with van der Waals surface area (Å²) in [6.07, 6.45) is 0.0587. The van der Waals surface area contributed by atoms with Gasteiger partial charge in [0.2, 0.25) is 5.91 Å². The summed E-state index contributed by atoms with van der Waals surface area (Å²) in [5.41, 5.74) is 5.56. The lowest BCUT2D eigenvalue weighted by Crippen LogP contribution is -2.43. The quantitative estimate of drug-likeness (QED) is 0.438. The van der Waals surface area contributed by atoms with Crippen molar-refractivity contribution in [2.24, 2.45) is 5.73 Å². The summed E-state index contributed by atoms with van der Waals surface area (Å²) in [5, 5.41) is 2.42. The molecule has 0 aromatic rings. The molecular formula is C16H26N2O7S. The SMILES string of the molecule is CCC(=O)SCC(NC(=O)CCC(N)C(=O)OC)C(=O)CCC(=O)OC. The predicted octanol–water partition coefficient (Wildman–Crippen LogP) is -0.0562. The maximum atomic E-state index is 12.2. The van der Waals surface area contributed by atoms with Gasteiger partial charge in [0.15, 0.2) is 10.9 Å². The number of carbonyl (C=O) groups is 5. The highest BCUT2D eigenvalue weighted by Gasteiger charge is 2.23. The van der Waals surface area contributed by atoms with Crippen molar-refractivity contribution in [3.63, 3.8) is 0 Å². The average Bonchev–Trinajstić information content (AvgIpc) is 2.65. The first-order chi connectivity index (χ1) is 12.2. The Morgan fingerprint density at radius 1 is 1.04 bits per heavy atom. The number of nitrogens with one attached hydrogen (secondary N) is 1. The fourth-order valence-electron chi connectivity index (χ4n) is 1.82. The van der Waals surface area contributed by atoms with Crippen LogP contribution in [0, 0.1) is 0 Å². The zero-order valence-electron chi connectivity index (χ0n) is 15.2. The number of esters is 2. The van der Waals surface area contributed by atoms with Gasteiger partial charge in [-0.2, -0.15) is 0 Å². The first-order valence-corrected chi connectivity index (χ1v) is 9.11. The Bertz CT molecular complexity index is 525. The van der Waals surface area contributed by atoms with Gasteiger partial charge in [-0.3, -0.25) is 24.0 Å². The molecule has 0 fully saturated rings. The van der Waals surface area contributed by atoms with Crippen molar-refractivity contribution < 1.29 is 33.4 Å². The summed E-state index contributed by atoms with van der Waals surface area (Å²) in [4.78, 5) is 58.1. The number of ether oxygens (including phenoxy) is 2. The Labute approximate surface area is 156 Å². The highest BCUT2D eigenvalue weighted by molar-refractivity contribution is 8.13. The number of hydrogen-bond acceptors (Lipinski definition) is 9. The highest BCUT2D eigenvalue weighted by atomic mass is 32.2. The lowest BCUT2D eigenvalue weighted by Gasteiger charge is -2.17. The van der Waals surface area contributed by atoms with E-state index in [1.807, 2.05) is 0 Å². The molecule has 3 N–H and O–H groups in total. The molecule has 0 spiro atoms. The number of methoxy groups -OCH3 is 2. The van der Waals surface area contributed by atoms with Gasteiger partial charge in [-0.1, -0.05) is 18.7 Å². The van der Waals surface area contributed by atoms with E-state index < -0.39 is 29.9 Å². The van der Waals surface area contributed by atoms with Crippen LogP contribution >= 0.6 is 11.8 Å². The van der Waals surface area contributed by atoms with Gasteiger partial charge in [-0.05, 0) is 6.42 Å². The second kappa shape index (κ2) is 13.3. The summed E-state index contributed by atoms with van der Waals surface area (Å²) < 4.78 is 8.95. The van der Waals surface area contributed by atoms with Gasteiger partial charge in [-0.25, -0.2) is 0 Å². The lowest BCUT2D eigenvalue weighted by molar-refractivity contribution is -0.142. The number of nitrogens with two attached hydrogens (primary N) is 1. The van der Waals surface area contributed by atoms with E-state index in [0.29, 0.717) is 6.42 Å². The zero-order chi connectivity index (χ0) is 20.1. The molecule has 0 aromatic carbocycles. The number of carbonyl (C=O) groups excluding carboxylic acids is 5. The molecule has 148 valence electrons. The Kier molecular flexibility index (Phi) is 12.3. The molecule has 0 aliphatic heterocycles. The number of Topliss-reactive ketones (excluding diaryl/α,β-unsaturated/α-hetero) is 1. The van der Waals surface area contributed by atoms with Crippen LogP contribution in [-0.2, 0) is 33.4 Å². The van der Waals surface area contributed by atoms with Crippen LogP contribution in [0.4, 0.5) is 0 Å². The number of ketones is 1. The minimum absolute atomic E-state index is 0.0581. The Morgan fingerprint density at radius 2 is 1.69 bits per heavy atom. The lowest BCUT2D eigenvalue weighted by atomic mass is 10.1. The molecule has 0 saturated heterocycles. The summed E-state index contributed by atoms with van der Waals surface area (Å²) in [6, 6.07) is -1.85. The highest BCUT2D eigenvalue weighted by Crippen LogP contribution is 2.10. The van der Waals surface area contributed by atoms with Crippen LogP contribution in [0.3, 0.4) is 0 Å². The molecule has 0 aliphatic rings. The molecule has 0 aromatic heterocycles. The first-order valence-electron chi connectivity index (χ1n) is 8.13. The average molecular weight is 390 g/mol. The van der Waals surface area contributed by atoms with E-state index in [-0.39, 0.29) is 42.3 Å². The second-order valence-corrected chi connectivity index (χ2v) is 6.44. The van der Waals surface area contributed by atoms with Crippen molar-refractivity contribution in [3.8, 4) is 0 Å². The van der Waals surface area contributed by atoms with Gasteiger partial charge in [0, 0.05) is 25.0 Å². The topological polar surface area (TPSA) is 142 Å². The van der Waals surface area contributed by atoms with Crippen LogP contribution in [0.2, 0.25) is 0 Å². The summed E-state index contributed by atoms with van der Waals surface area (Å²) in [5.74, 6) is -1.96. The van der Waals surface area contributed by atoms with E-state index in [1.54, 1.807) is 6.92 Å². The number of hydrogen-bond donors (Lipinski definition) is 2. The van der Waals surface area contributed by atoms with Crippen LogP contribution in [-0.4, -0.2) is 60.8 Å².